The van der Waals surface area contributed by atoms with Crippen molar-refractivity contribution in [2.45, 2.75) is 19.0 Å². The van der Waals surface area contributed by atoms with E-state index in [1.807, 2.05) is 42.7 Å². The van der Waals surface area contributed by atoms with Crippen molar-refractivity contribution >= 4 is 5.84 Å². The predicted octanol–water partition coefficient (Wildman–Crippen LogP) is 3.71. The van der Waals surface area contributed by atoms with Gasteiger partial charge in [-0.25, -0.2) is 9.97 Å². The van der Waals surface area contributed by atoms with Gasteiger partial charge in [0.25, 0.3) is 0 Å². The smallest absolute Gasteiger partial charge is 0.159 e. The molecule has 0 aliphatic carbocycles. The first-order valence-corrected chi connectivity index (χ1v) is 10.3. The zero-order valence-electron chi connectivity index (χ0n) is 16.4. The molecular weight excluding hydrogens is 358 g/mol. The standard InChI is InChI=1S/C24H25N5/c1-3-7-18(8-4-1)16-29-12-11-20(17-29)24-27-15-22(28-24)21-13-25-23(26-14-21)19-9-5-2-6-10-19/h1-10,13-14,20,22H,11-12,15-17H2,(H,27,28). The molecule has 0 saturated carbocycles. The van der Waals surface area contributed by atoms with Gasteiger partial charge in [0.1, 0.15) is 5.84 Å². The summed E-state index contributed by atoms with van der Waals surface area (Å²) < 4.78 is 0. The summed E-state index contributed by atoms with van der Waals surface area (Å²) in [6.07, 6.45) is 5.03. The molecule has 0 radical (unpaired) electrons. The number of nitrogens with one attached hydrogen (secondary N) is 1. The maximum atomic E-state index is 4.82. The fraction of sp³-hybridized carbons (Fsp3) is 0.292. The van der Waals surface area contributed by atoms with Crippen LogP contribution in [0.3, 0.4) is 0 Å². The summed E-state index contributed by atoms with van der Waals surface area (Å²) >= 11 is 0. The first kappa shape index (κ1) is 18.0. The molecule has 2 aromatic carbocycles. The van der Waals surface area contributed by atoms with Crippen LogP contribution in [0.2, 0.25) is 0 Å². The highest BCUT2D eigenvalue weighted by atomic mass is 15.2. The number of amidine groups is 1. The number of nitrogens with zero attached hydrogens (tertiary/aromatic N) is 4. The number of aliphatic imine (C=N–C) groups is 1. The molecular formula is C24H25N5. The maximum absolute atomic E-state index is 4.82. The Labute approximate surface area is 171 Å². The topological polar surface area (TPSA) is 53.4 Å². The molecule has 1 saturated heterocycles. The number of rotatable bonds is 5. The van der Waals surface area contributed by atoms with Crippen molar-refractivity contribution in [2.24, 2.45) is 10.9 Å². The minimum absolute atomic E-state index is 0.179. The number of likely N-dealkylation sites (tertiary alicyclic amines) is 1. The number of hydrogen-bond acceptors (Lipinski definition) is 5. The van der Waals surface area contributed by atoms with Crippen molar-refractivity contribution in [3.05, 3.63) is 84.2 Å². The Morgan fingerprint density at radius 2 is 1.66 bits per heavy atom. The zero-order valence-corrected chi connectivity index (χ0v) is 16.4. The molecule has 2 aliphatic heterocycles. The van der Waals surface area contributed by atoms with Gasteiger partial charge in [0.2, 0.25) is 0 Å². The molecule has 5 heteroatoms. The van der Waals surface area contributed by atoms with Gasteiger partial charge in [0, 0.05) is 42.5 Å². The van der Waals surface area contributed by atoms with Crippen molar-refractivity contribution < 1.29 is 0 Å². The second-order valence-electron chi connectivity index (χ2n) is 7.84. The molecule has 2 unspecified atom stereocenters. The molecule has 146 valence electrons. The zero-order chi connectivity index (χ0) is 19.5. The minimum atomic E-state index is 0.179. The van der Waals surface area contributed by atoms with Gasteiger partial charge in [-0.1, -0.05) is 60.7 Å². The Hall–Kier alpha value is -3.05. The average Bonchev–Trinajstić information content (AvgIpc) is 3.45. The quantitative estimate of drug-likeness (QED) is 0.730. The Morgan fingerprint density at radius 1 is 0.931 bits per heavy atom. The van der Waals surface area contributed by atoms with Crippen LogP contribution < -0.4 is 5.32 Å². The number of hydrogen-bond donors (Lipinski definition) is 1. The lowest BCUT2D eigenvalue weighted by Gasteiger charge is -2.17. The summed E-state index contributed by atoms with van der Waals surface area (Å²) in [4.78, 5) is 16.5. The van der Waals surface area contributed by atoms with Crippen LogP contribution >= 0.6 is 0 Å². The minimum Gasteiger partial charge on any atom is -0.365 e. The van der Waals surface area contributed by atoms with Gasteiger partial charge in [-0.3, -0.25) is 9.89 Å². The third kappa shape index (κ3) is 4.05. The van der Waals surface area contributed by atoms with E-state index < -0.39 is 0 Å². The molecule has 1 fully saturated rings. The molecule has 0 spiro atoms. The van der Waals surface area contributed by atoms with E-state index in [0.29, 0.717) is 5.92 Å². The molecule has 2 atom stereocenters. The third-order valence-electron chi connectivity index (χ3n) is 5.78. The van der Waals surface area contributed by atoms with Crippen LogP contribution in [0.1, 0.15) is 23.6 Å². The lowest BCUT2D eigenvalue weighted by molar-refractivity contribution is 0.326. The van der Waals surface area contributed by atoms with Crippen LogP contribution in [0.25, 0.3) is 11.4 Å². The molecule has 0 amide bonds. The average molecular weight is 383 g/mol. The highest BCUT2D eigenvalue weighted by molar-refractivity contribution is 5.87. The number of aromatic nitrogens is 2. The van der Waals surface area contributed by atoms with Crippen molar-refractivity contribution in [3.63, 3.8) is 0 Å². The summed E-state index contributed by atoms with van der Waals surface area (Å²) in [5.74, 6) is 2.41. The fourth-order valence-electron chi connectivity index (χ4n) is 4.19. The Morgan fingerprint density at radius 3 is 2.41 bits per heavy atom. The van der Waals surface area contributed by atoms with Gasteiger partial charge in [-0.05, 0) is 18.5 Å². The summed E-state index contributed by atoms with van der Waals surface area (Å²) in [6.45, 7) is 3.97. The molecule has 29 heavy (non-hydrogen) atoms. The van der Waals surface area contributed by atoms with Gasteiger partial charge in [0.05, 0.1) is 12.6 Å². The number of benzene rings is 2. The second kappa shape index (κ2) is 8.13. The van der Waals surface area contributed by atoms with Crippen molar-refractivity contribution in [2.75, 3.05) is 19.6 Å². The van der Waals surface area contributed by atoms with Crippen LogP contribution in [0.5, 0.6) is 0 Å². The van der Waals surface area contributed by atoms with E-state index in [4.69, 9.17) is 4.99 Å². The van der Waals surface area contributed by atoms with Gasteiger partial charge < -0.3 is 5.32 Å². The first-order valence-electron chi connectivity index (χ1n) is 10.3. The molecule has 1 N–H and O–H groups in total. The summed E-state index contributed by atoms with van der Waals surface area (Å²) in [6, 6.07) is 21.0. The Kier molecular flexibility index (Phi) is 5.05. The van der Waals surface area contributed by atoms with E-state index in [1.165, 1.54) is 5.56 Å². The monoisotopic (exact) mass is 383 g/mol. The Bertz CT molecular complexity index is 969. The molecule has 5 rings (SSSR count). The maximum Gasteiger partial charge on any atom is 0.159 e. The molecule has 3 heterocycles. The summed E-state index contributed by atoms with van der Waals surface area (Å²) in [5, 5.41) is 3.64. The second-order valence-corrected chi connectivity index (χ2v) is 7.84. The van der Waals surface area contributed by atoms with E-state index in [0.717, 1.165) is 55.4 Å². The van der Waals surface area contributed by atoms with Crippen LogP contribution in [0, 0.1) is 5.92 Å². The van der Waals surface area contributed by atoms with Crippen molar-refractivity contribution in [1.82, 2.24) is 20.2 Å². The van der Waals surface area contributed by atoms with Gasteiger partial charge >= 0.3 is 0 Å². The molecule has 3 aromatic rings. The van der Waals surface area contributed by atoms with E-state index in [1.54, 1.807) is 0 Å². The largest absolute Gasteiger partial charge is 0.365 e. The first-order chi connectivity index (χ1) is 14.3. The van der Waals surface area contributed by atoms with E-state index in [2.05, 4.69) is 50.5 Å². The normalized spacial score (nSPS) is 21.7. The fourth-order valence-corrected chi connectivity index (χ4v) is 4.19. The van der Waals surface area contributed by atoms with Gasteiger partial charge in [0.15, 0.2) is 5.82 Å². The van der Waals surface area contributed by atoms with Crippen molar-refractivity contribution in [1.29, 1.82) is 0 Å². The highest BCUT2D eigenvalue weighted by Gasteiger charge is 2.31. The molecule has 2 aliphatic rings. The lowest BCUT2D eigenvalue weighted by Crippen LogP contribution is -2.31. The van der Waals surface area contributed by atoms with Gasteiger partial charge in [-0.2, -0.15) is 0 Å². The SMILES string of the molecule is c1ccc(CN2CCC(C3=NCC(c4cnc(-c5ccccc5)nc4)N3)C2)cc1. The van der Waals surface area contributed by atoms with Crippen molar-refractivity contribution in [3.8, 4) is 11.4 Å². The van der Waals surface area contributed by atoms with Crippen LogP contribution in [0.15, 0.2) is 78.0 Å². The summed E-state index contributed by atoms with van der Waals surface area (Å²) in [5.41, 5.74) is 3.52. The Balaban J connectivity index is 1.18. The third-order valence-corrected chi connectivity index (χ3v) is 5.78. The van der Waals surface area contributed by atoms with Crippen LogP contribution in [0.4, 0.5) is 0 Å². The lowest BCUT2D eigenvalue weighted by atomic mass is 10.1. The van der Waals surface area contributed by atoms with E-state index >= 15 is 0 Å². The van der Waals surface area contributed by atoms with Gasteiger partial charge in [-0.15, -0.1) is 0 Å². The molecule has 1 aromatic heterocycles. The molecule has 0 bridgehead atoms. The molecule has 5 nitrogen and oxygen atoms in total. The predicted molar refractivity (Wildman–Crippen MR) is 115 cm³/mol. The van der Waals surface area contributed by atoms with Crippen LogP contribution in [-0.4, -0.2) is 40.3 Å². The van der Waals surface area contributed by atoms with Crippen LogP contribution in [-0.2, 0) is 6.54 Å². The summed E-state index contributed by atoms with van der Waals surface area (Å²) in [7, 11) is 0. The van der Waals surface area contributed by atoms with E-state index in [9.17, 15) is 0 Å². The van der Waals surface area contributed by atoms with E-state index in [-0.39, 0.29) is 6.04 Å². The highest BCUT2D eigenvalue weighted by Crippen LogP contribution is 2.25.